The number of pyridine rings is 1. The Labute approximate surface area is 76.3 Å². The van der Waals surface area contributed by atoms with E-state index in [1.54, 1.807) is 12.1 Å². The van der Waals surface area contributed by atoms with Crippen molar-refractivity contribution in [3.8, 4) is 0 Å². The molecule has 0 aliphatic carbocycles. The zero-order chi connectivity index (χ0) is 9.84. The van der Waals surface area contributed by atoms with E-state index < -0.39 is 5.91 Å². The third-order valence-electron chi connectivity index (χ3n) is 1.56. The molecule has 0 aromatic carbocycles. The first kappa shape index (κ1) is 9.25. The fourth-order valence-corrected chi connectivity index (χ4v) is 0.890. The second-order valence-electron chi connectivity index (χ2n) is 2.67. The molecule has 0 aliphatic rings. The number of primary amides is 1. The summed E-state index contributed by atoms with van der Waals surface area (Å²) in [6, 6.07) is 3.54. The third kappa shape index (κ3) is 2.59. The first-order valence-corrected chi connectivity index (χ1v) is 3.80. The highest BCUT2D eigenvalue weighted by molar-refractivity contribution is 5.90. The normalized spacial score (nSPS) is 10.5. The summed E-state index contributed by atoms with van der Waals surface area (Å²) in [6.45, 7) is 1.88. The third-order valence-corrected chi connectivity index (χ3v) is 1.56. The second-order valence-corrected chi connectivity index (χ2v) is 2.67. The fraction of sp³-hybridized carbons (Fsp3) is 0.111. The number of nitrogen functional groups attached to an aromatic ring is 1. The molecule has 0 atom stereocenters. The molecule has 4 heteroatoms. The van der Waals surface area contributed by atoms with Crippen LogP contribution in [-0.4, -0.2) is 10.9 Å². The average Bonchev–Trinajstić information content (AvgIpc) is 2.06. The minimum atomic E-state index is -0.497. The number of carbonyl (C=O) groups is 1. The van der Waals surface area contributed by atoms with E-state index in [2.05, 4.69) is 4.98 Å². The highest BCUT2D eigenvalue weighted by Gasteiger charge is 1.96. The molecule has 4 N–H and O–H groups in total. The number of anilines is 1. The number of aromatic nitrogens is 1. The molecule has 0 unspecified atom stereocenters. The Morgan fingerprint density at radius 1 is 1.54 bits per heavy atom. The maximum atomic E-state index is 10.4. The molecule has 1 aromatic rings. The van der Waals surface area contributed by atoms with Crippen LogP contribution in [0.5, 0.6) is 0 Å². The summed E-state index contributed by atoms with van der Waals surface area (Å²) in [5, 5.41) is 0. The van der Waals surface area contributed by atoms with Gasteiger partial charge in [-0.15, -0.1) is 0 Å². The van der Waals surface area contributed by atoms with E-state index in [4.69, 9.17) is 11.5 Å². The van der Waals surface area contributed by atoms with E-state index in [1.807, 2.05) is 13.0 Å². The van der Waals surface area contributed by atoms with Crippen molar-refractivity contribution < 1.29 is 4.79 Å². The van der Waals surface area contributed by atoms with E-state index >= 15 is 0 Å². The van der Waals surface area contributed by atoms with Gasteiger partial charge in [-0.2, -0.15) is 0 Å². The van der Waals surface area contributed by atoms with Crippen molar-refractivity contribution in [3.63, 3.8) is 0 Å². The van der Waals surface area contributed by atoms with Crippen LogP contribution in [-0.2, 0) is 4.79 Å². The predicted molar refractivity (Wildman–Crippen MR) is 51.6 cm³/mol. The molecule has 13 heavy (non-hydrogen) atoms. The summed E-state index contributed by atoms with van der Waals surface area (Å²) in [7, 11) is 0. The molecular formula is C9H11N3O. The van der Waals surface area contributed by atoms with Crippen molar-refractivity contribution >= 4 is 17.8 Å². The number of rotatable bonds is 2. The molecule has 1 rings (SSSR count). The van der Waals surface area contributed by atoms with Gasteiger partial charge in [0.25, 0.3) is 0 Å². The van der Waals surface area contributed by atoms with Gasteiger partial charge >= 0.3 is 0 Å². The van der Waals surface area contributed by atoms with Gasteiger partial charge < -0.3 is 11.5 Å². The summed E-state index contributed by atoms with van der Waals surface area (Å²) in [6.07, 6.45) is 2.81. The van der Waals surface area contributed by atoms with Crippen LogP contribution in [0.2, 0.25) is 0 Å². The Balaban J connectivity index is 3.00. The minimum absolute atomic E-state index is 0.426. The first-order chi connectivity index (χ1) is 6.09. The lowest BCUT2D eigenvalue weighted by Gasteiger charge is -1.99. The van der Waals surface area contributed by atoms with E-state index in [9.17, 15) is 4.79 Å². The average molecular weight is 177 g/mol. The van der Waals surface area contributed by atoms with E-state index in [-0.39, 0.29) is 0 Å². The SMILES string of the molecule is Cc1ccc(N)nc1C=CC(N)=O. The van der Waals surface area contributed by atoms with Crippen molar-refractivity contribution in [1.82, 2.24) is 4.98 Å². The molecule has 1 heterocycles. The number of nitrogens with two attached hydrogens (primary N) is 2. The molecule has 1 aromatic heterocycles. The quantitative estimate of drug-likeness (QED) is 0.644. The number of amides is 1. The van der Waals surface area contributed by atoms with Crippen LogP contribution >= 0.6 is 0 Å². The molecule has 0 saturated carbocycles. The Hall–Kier alpha value is -1.84. The lowest BCUT2D eigenvalue weighted by molar-refractivity contribution is -0.113. The lowest BCUT2D eigenvalue weighted by Crippen LogP contribution is -2.05. The monoisotopic (exact) mass is 177 g/mol. The Morgan fingerprint density at radius 3 is 2.85 bits per heavy atom. The zero-order valence-corrected chi connectivity index (χ0v) is 7.32. The van der Waals surface area contributed by atoms with Gasteiger partial charge in [-0.1, -0.05) is 6.07 Å². The van der Waals surface area contributed by atoms with Crippen LogP contribution in [0.25, 0.3) is 6.08 Å². The van der Waals surface area contributed by atoms with Gasteiger partial charge in [0.2, 0.25) is 5.91 Å². The molecule has 0 bridgehead atoms. The summed E-state index contributed by atoms with van der Waals surface area (Å²) in [5.41, 5.74) is 12.0. The highest BCUT2D eigenvalue weighted by atomic mass is 16.1. The first-order valence-electron chi connectivity index (χ1n) is 3.80. The largest absolute Gasteiger partial charge is 0.384 e. The number of nitrogens with zero attached hydrogens (tertiary/aromatic N) is 1. The molecule has 0 fully saturated rings. The fourth-order valence-electron chi connectivity index (χ4n) is 0.890. The van der Waals surface area contributed by atoms with Crippen molar-refractivity contribution in [2.45, 2.75) is 6.92 Å². The number of carbonyl (C=O) groups excluding carboxylic acids is 1. The van der Waals surface area contributed by atoms with Crippen LogP contribution in [0.15, 0.2) is 18.2 Å². The molecule has 0 aliphatic heterocycles. The Bertz CT molecular complexity index is 358. The van der Waals surface area contributed by atoms with E-state index in [1.165, 1.54) is 6.08 Å². The van der Waals surface area contributed by atoms with Gasteiger partial charge in [0.1, 0.15) is 5.82 Å². The minimum Gasteiger partial charge on any atom is -0.384 e. The van der Waals surface area contributed by atoms with Crippen LogP contribution in [0.3, 0.4) is 0 Å². The number of hydrogen-bond acceptors (Lipinski definition) is 3. The van der Waals surface area contributed by atoms with Crippen LogP contribution in [0, 0.1) is 6.92 Å². The zero-order valence-electron chi connectivity index (χ0n) is 7.32. The molecule has 0 radical (unpaired) electrons. The Kier molecular flexibility index (Phi) is 2.64. The van der Waals surface area contributed by atoms with Crippen LogP contribution in [0.1, 0.15) is 11.3 Å². The van der Waals surface area contributed by atoms with Gasteiger partial charge in [-0.3, -0.25) is 4.79 Å². The number of hydrogen-bond donors (Lipinski definition) is 2. The summed E-state index contributed by atoms with van der Waals surface area (Å²) < 4.78 is 0. The van der Waals surface area contributed by atoms with Crippen molar-refractivity contribution in [2.75, 3.05) is 5.73 Å². The topological polar surface area (TPSA) is 82.0 Å². The van der Waals surface area contributed by atoms with Gasteiger partial charge in [-0.05, 0) is 24.6 Å². The van der Waals surface area contributed by atoms with Crippen LogP contribution < -0.4 is 11.5 Å². The van der Waals surface area contributed by atoms with Gasteiger partial charge in [0.05, 0.1) is 5.69 Å². The highest BCUT2D eigenvalue weighted by Crippen LogP contribution is 2.08. The standard InChI is InChI=1S/C9H11N3O/c1-6-2-4-8(10)12-7(6)3-5-9(11)13/h2-5H,1H3,(H2,10,12)(H2,11,13). The van der Waals surface area contributed by atoms with Crippen molar-refractivity contribution in [2.24, 2.45) is 5.73 Å². The maximum Gasteiger partial charge on any atom is 0.241 e. The lowest BCUT2D eigenvalue weighted by atomic mass is 10.2. The van der Waals surface area contributed by atoms with E-state index in [0.717, 1.165) is 5.56 Å². The summed E-state index contributed by atoms with van der Waals surface area (Å²) >= 11 is 0. The molecule has 68 valence electrons. The smallest absolute Gasteiger partial charge is 0.241 e. The molecule has 4 nitrogen and oxygen atoms in total. The van der Waals surface area contributed by atoms with Crippen molar-refractivity contribution in [1.29, 1.82) is 0 Å². The summed E-state index contributed by atoms with van der Waals surface area (Å²) in [5.74, 6) is -0.0710. The second kappa shape index (κ2) is 3.71. The van der Waals surface area contributed by atoms with Crippen LogP contribution in [0.4, 0.5) is 5.82 Å². The predicted octanol–water partition coefficient (Wildman–Crippen LogP) is 0.471. The van der Waals surface area contributed by atoms with Gasteiger partial charge in [-0.25, -0.2) is 4.98 Å². The molecule has 0 saturated heterocycles. The molecular weight excluding hydrogens is 166 g/mol. The maximum absolute atomic E-state index is 10.4. The van der Waals surface area contributed by atoms with Gasteiger partial charge in [0, 0.05) is 6.08 Å². The summed E-state index contributed by atoms with van der Waals surface area (Å²) in [4.78, 5) is 14.5. The molecule has 0 spiro atoms. The van der Waals surface area contributed by atoms with Crippen molar-refractivity contribution in [3.05, 3.63) is 29.5 Å². The van der Waals surface area contributed by atoms with E-state index in [0.29, 0.717) is 11.5 Å². The van der Waals surface area contributed by atoms with Gasteiger partial charge in [0.15, 0.2) is 0 Å². The number of aryl methyl sites for hydroxylation is 1. The molecule has 1 amide bonds. The Morgan fingerprint density at radius 2 is 2.23 bits per heavy atom.